The van der Waals surface area contributed by atoms with Gasteiger partial charge in [0.2, 0.25) is 0 Å². The lowest BCUT2D eigenvalue weighted by molar-refractivity contribution is -0.137. The van der Waals surface area contributed by atoms with Crippen molar-refractivity contribution in [1.82, 2.24) is 0 Å². The number of aryl methyl sites for hydroxylation is 1. The molecule has 0 bridgehead atoms. The van der Waals surface area contributed by atoms with Gasteiger partial charge in [0.05, 0.1) is 6.61 Å². The Morgan fingerprint density at radius 3 is 2.72 bits per heavy atom. The monoisotopic (exact) mass is 358 g/mol. The molecule has 3 heteroatoms. The molecule has 0 atom stereocenters. The maximum Gasteiger partial charge on any atom is 0.330 e. The summed E-state index contributed by atoms with van der Waals surface area (Å²) in [6, 6.07) is 6.31. The van der Waals surface area contributed by atoms with Crippen LogP contribution in [0.4, 0.5) is 0 Å². The number of benzene rings is 1. The van der Waals surface area contributed by atoms with Gasteiger partial charge in [-0.2, -0.15) is 0 Å². The predicted molar refractivity (Wildman–Crippen MR) is 83.1 cm³/mol. The SMILES string of the molecule is C=CC(=O)OCCc1c(C)cccc1C(C)(C)I. The Morgan fingerprint density at radius 1 is 1.50 bits per heavy atom. The van der Waals surface area contributed by atoms with Crippen LogP contribution in [0, 0.1) is 6.92 Å². The molecule has 0 amide bonds. The average Bonchev–Trinajstić information content (AvgIpc) is 2.29. The zero-order chi connectivity index (χ0) is 13.8. The van der Waals surface area contributed by atoms with Crippen LogP contribution in [0.1, 0.15) is 30.5 Å². The molecule has 2 nitrogen and oxygen atoms in total. The van der Waals surface area contributed by atoms with Gasteiger partial charge < -0.3 is 4.74 Å². The zero-order valence-corrected chi connectivity index (χ0v) is 13.3. The van der Waals surface area contributed by atoms with Gasteiger partial charge in [0.15, 0.2) is 0 Å². The minimum atomic E-state index is -0.362. The normalized spacial score (nSPS) is 11.1. The van der Waals surface area contributed by atoms with Gasteiger partial charge in [-0.15, -0.1) is 0 Å². The number of hydrogen-bond donors (Lipinski definition) is 0. The lowest BCUT2D eigenvalue weighted by Crippen LogP contribution is -2.14. The van der Waals surface area contributed by atoms with E-state index in [-0.39, 0.29) is 9.39 Å². The van der Waals surface area contributed by atoms with Crippen LogP contribution in [0.3, 0.4) is 0 Å². The number of halogens is 1. The van der Waals surface area contributed by atoms with Crippen molar-refractivity contribution in [3.05, 3.63) is 47.5 Å². The number of hydrogen-bond acceptors (Lipinski definition) is 2. The summed E-state index contributed by atoms with van der Waals surface area (Å²) in [6.45, 7) is 10.2. The summed E-state index contributed by atoms with van der Waals surface area (Å²) in [5.41, 5.74) is 3.82. The first-order valence-electron chi connectivity index (χ1n) is 5.93. The van der Waals surface area contributed by atoms with Crippen molar-refractivity contribution in [3.63, 3.8) is 0 Å². The Morgan fingerprint density at radius 2 is 2.17 bits per heavy atom. The molecule has 0 aromatic heterocycles. The molecule has 1 aromatic rings. The maximum absolute atomic E-state index is 11.0. The number of esters is 1. The number of carbonyl (C=O) groups excluding carboxylic acids is 1. The molecule has 98 valence electrons. The van der Waals surface area contributed by atoms with Crippen LogP contribution >= 0.6 is 22.6 Å². The smallest absolute Gasteiger partial charge is 0.330 e. The Kier molecular flexibility index (Phi) is 5.38. The number of rotatable bonds is 5. The quantitative estimate of drug-likeness (QED) is 0.345. The summed E-state index contributed by atoms with van der Waals surface area (Å²) in [5, 5.41) is 0. The predicted octanol–water partition coefficient (Wildman–Crippen LogP) is 3.94. The van der Waals surface area contributed by atoms with Gasteiger partial charge in [0.25, 0.3) is 0 Å². The molecular weight excluding hydrogens is 339 g/mol. The molecule has 0 aliphatic carbocycles. The van der Waals surface area contributed by atoms with E-state index in [4.69, 9.17) is 4.74 Å². The Balaban J connectivity index is 2.87. The topological polar surface area (TPSA) is 26.3 Å². The third-order valence-corrected chi connectivity index (χ3v) is 3.39. The number of ether oxygens (including phenoxy) is 1. The highest BCUT2D eigenvalue weighted by Gasteiger charge is 2.20. The first kappa shape index (κ1) is 15.2. The van der Waals surface area contributed by atoms with Crippen LogP contribution in [0.5, 0.6) is 0 Å². The van der Waals surface area contributed by atoms with Crippen LogP contribution in [0.25, 0.3) is 0 Å². The third-order valence-electron chi connectivity index (χ3n) is 2.81. The van der Waals surface area contributed by atoms with E-state index in [9.17, 15) is 4.79 Å². The van der Waals surface area contributed by atoms with Crippen molar-refractivity contribution >= 4 is 28.6 Å². The molecule has 0 fully saturated rings. The maximum atomic E-state index is 11.0. The van der Waals surface area contributed by atoms with E-state index >= 15 is 0 Å². The number of carbonyl (C=O) groups is 1. The van der Waals surface area contributed by atoms with E-state index in [0.29, 0.717) is 6.61 Å². The summed E-state index contributed by atoms with van der Waals surface area (Å²) < 4.78 is 5.13. The minimum Gasteiger partial charge on any atom is -0.462 e. The lowest BCUT2D eigenvalue weighted by atomic mass is 9.92. The van der Waals surface area contributed by atoms with E-state index in [2.05, 4.69) is 68.1 Å². The Hall–Kier alpha value is -0.840. The molecule has 18 heavy (non-hydrogen) atoms. The van der Waals surface area contributed by atoms with Crippen molar-refractivity contribution in [3.8, 4) is 0 Å². The summed E-state index contributed by atoms with van der Waals surface area (Å²) in [5.74, 6) is -0.362. The van der Waals surface area contributed by atoms with Crippen LogP contribution in [-0.2, 0) is 19.4 Å². The second kappa shape index (κ2) is 6.36. The molecule has 0 unspecified atom stereocenters. The molecule has 0 aliphatic rings. The van der Waals surface area contributed by atoms with Gasteiger partial charge >= 0.3 is 5.97 Å². The molecule has 0 aliphatic heterocycles. The molecule has 0 saturated carbocycles. The van der Waals surface area contributed by atoms with E-state index in [1.807, 2.05) is 0 Å². The molecule has 0 radical (unpaired) electrons. The van der Waals surface area contributed by atoms with E-state index in [0.717, 1.165) is 6.42 Å². The first-order chi connectivity index (χ1) is 8.36. The van der Waals surface area contributed by atoms with E-state index in [1.165, 1.54) is 22.8 Å². The van der Waals surface area contributed by atoms with Crippen molar-refractivity contribution in [2.24, 2.45) is 0 Å². The second-order valence-electron chi connectivity index (χ2n) is 4.70. The zero-order valence-electron chi connectivity index (χ0n) is 11.1. The lowest BCUT2D eigenvalue weighted by Gasteiger charge is -2.22. The first-order valence-corrected chi connectivity index (χ1v) is 7.01. The van der Waals surface area contributed by atoms with Crippen LogP contribution in [0.2, 0.25) is 0 Å². The summed E-state index contributed by atoms with van der Waals surface area (Å²) in [6.07, 6.45) is 1.94. The largest absolute Gasteiger partial charge is 0.462 e. The molecule has 0 heterocycles. The fourth-order valence-corrected chi connectivity index (χ4v) is 2.41. The molecule has 0 N–H and O–H groups in total. The fraction of sp³-hybridized carbons (Fsp3) is 0.400. The highest BCUT2D eigenvalue weighted by atomic mass is 127. The van der Waals surface area contributed by atoms with Crippen molar-refractivity contribution in [2.45, 2.75) is 30.6 Å². The summed E-state index contributed by atoms with van der Waals surface area (Å²) in [7, 11) is 0. The molecular formula is C15H19IO2. The Bertz CT molecular complexity index is 444. The molecule has 1 aromatic carbocycles. The van der Waals surface area contributed by atoms with Crippen LogP contribution < -0.4 is 0 Å². The molecule has 1 rings (SSSR count). The van der Waals surface area contributed by atoms with Gasteiger partial charge in [0, 0.05) is 15.9 Å². The molecule has 0 spiro atoms. The highest BCUT2D eigenvalue weighted by molar-refractivity contribution is 14.1. The standard InChI is InChI=1S/C15H19IO2/c1-5-14(17)18-10-9-12-11(2)7-6-8-13(12)15(3,4)16/h5-8H,1,9-10H2,2-4H3. The van der Waals surface area contributed by atoms with Gasteiger partial charge in [-0.1, -0.05) is 47.4 Å². The van der Waals surface area contributed by atoms with E-state index in [1.54, 1.807) is 0 Å². The van der Waals surface area contributed by atoms with Gasteiger partial charge in [-0.25, -0.2) is 4.79 Å². The minimum absolute atomic E-state index is 0.0710. The fourth-order valence-electron chi connectivity index (χ4n) is 1.90. The van der Waals surface area contributed by atoms with E-state index < -0.39 is 0 Å². The van der Waals surface area contributed by atoms with Gasteiger partial charge in [-0.05, 0) is 37.5 Å². The summed E-state index contributed by atoms with van der Waals surface area (Å²) in [4.78, 5) is 11.0. The Labute approximate surface area is 123 Å². The van der Waals surface area contributed by atoms with Crippen LogP contribution in [-0.4, -0.2) is 12.6 Å². The molecule has 0 saturated heterocycles. The van der Waals surface area contributed by atoms with Crippen molar-refractivity contribution in [2.75, 3.05) is 6.61 Å². The number of alkyl halides is 1. The van der Waals surface area contributed by atoms with Crippen molar-refractivity contribution in [1.29, 1.82) is 0 Å². The highest BCUT2D eigenvalue weighted by Crippen LogP contribution is 2.34. The second-order valence-corrected chi connectivity index (χ2v) is 7.39. The van der Waals surface area contributed by atoms with Crippen LogP contribution in [0.15, 0.2) is 30.9 Å². The summed E-state index contributed by atoms with van der Waals surface area (Å²) >= 11 is 2.43. The average molecular weight is 358 g/mol. The third kappa shape index (κ3) is 4.12. The van der Waals surface area contributed by atoms with Crippen molar-refractivity contribution < 1.29 is 9.53 Å². The van der Waals surface area contributed by atoms with Gasteiger partial charge in [0.1, 0.15) is 0 Å². The van der Waals surface area contributed by atoms with Gasteiger partial charge in [-0.3, -0.25) is 0 Å².